The molecule has 0 atom stereocenters. The van der Waals surface area contributed by atoms with E-state index >= 15 is 0 Å². The predicted molar refractivity (Wildman–Crippen MR) is 94.3 cm³/mol. The van der Waals surface area contributed by atoms with Crippen LogP contribution in [0.1, 0.15) is 37.1 Å². The first-order valence-corrected chi connectivity index (χ1v) is 8.77. The average Bonchev–Trinajstić information content (AvgIpc) is 3.14. The van der Waals surface area contributed by atoms with Crippen LogP contribution in [0.25, 0.3) is 17.0 Å². The van der Waals surface area contributed by atoms with Crippen LogP contribution < -0.4 is 0 Å². The third-order valence-corrected chi connectivity index (χ3v) is 5.29. The van der Waals surface area contributed by atoms with Gasteiger partial charge in [-0.25, -0.2) is 9.78 Å². The maximum Gasteiger partial charge on any atom is 0.345 e. The maximum atomic E-state index is 12.6. The number of rotatable bonds is 3. The standard InChI is InChI=1S/C20H21NO5/c1-12-16(21-18(25-12)13-6-4-3-5-7-13)15-17(22)20(26-19(15)23)10-8-14(24-2)9-11-20/h3-7,14,22H,8-11H2,1-2H3. The fourth-order valence-corrected chi connectivity index (χ4v) is 3.77. The first-order chi connectivity index (χ1) is 12.5. The monoisotopic (exact) mass is 355 g/mol. The summed E-state index contributed by atoms with van der Waals surface area (Å²) >= 11 is 0. The van der Waals surface area contributed by atoms with Gasteiger partial charge in [-0.3, -0.25) is 0 Å². The molecule has 26 heavy (non-hydrogen) atoms. The Hall–Kier alpha value is -2.60. The summed E-state index contributed by atoms with van der Waals surface area (Å²) in [5, 5.41) is 10.9. The van der Waals surface area contributed by atoms with Gasteiger partial charge in [-0.2, -0.15) is 0 Å². The smallest absolute Gasteiger partial charge is 0.345 e. The lowest BCUT2D eigenvalue weighted by Gasteiger charge is -2.35. The zero-order chi connectivity index (χ0) is 18.3. The first-order valence-electron chi connectivity index (χ1n) is 8.77. The third-order valence-electron chi connectivity index (χ3n) is 5.29. The summed E-state index contributed by atoms with van der Waals surface area (Å²) in [6, 6.07) is 9.44. The minimum absolute atomic E-state index is 0.0342. The number of aliphatic hydroxyl groups excluding tert-OH is 1. The number of nitrogens with zero attached hydrogens (tertiary/aromatic N) is 1. The van der Waals surface area contributed by atoms with Crippen LogP contribution in [0.2, 0.25) is 0 Å². The molecule has 2 aliphatic rings. The highest BCUT2D eigenvalue weighted by atomic mass is 16.6. The van der Waals surface area contributed by atoms with Gasteiger partial charge in [0.1, 0.15) is 17.0 Å². The van der Waals surface area contributed by atoms with Gasteiger partial charge in [0.25, 0.3) is 0 Å². The van der Waals surface area contributed by atoms with Crippen molar-refractivity contribution in [3.05, 3.63) is 47.5 Å². The molecule has 6 nitrogen and oxygen atoms in total. The lowest BCUT2D eigenvalue weighted by molar-refractivity contribution is -0.151. The fourth-order valence-electron chi connectivity index (χ4n) is 3.77. The van der Waals surface area contributed by atoms with E-state index in [0.717, 1.165) is 18.4 Å². The highest BCUT2D eigenvalue weighted by molar-refractivity contribution is 6.19. The quantitative estimate of drug-likeness (QED) is 0.843. The number of ether oxygens (including phenoxy) is 2. The minimum atomic E-state index is -0.959. The van der Waals surface area contributed by atoms with Crippen LogP contribution >= 0.6 is 0 Å². The summed E-state index contributed by atoms with van der Waals surface area (Å²) in [5.41, 5.74) is 0.310. The molecule has 136 valence electrons. The number of aryl methyl sites for hydroxylation is 1. The average molecular weight is 355 g/mol. The molecule has 0 saturated heterocycles. The molecule has 1 saturated carbocycles. The molecule has 1 N–H and O–H groups in total. The van der Waals surface area contributed by atoms with Crippen LogP contribution in [0.15, 0.2) is 40.5 Å². The maximum absolute atomic E-state index is 12.6. The zero-order valence-electron chi connectivity index (χ0n) is 14.8. The normalized spacial score (nSPS) is 25.8. The number of carbonyl (C=O) groups excluding carboxylic acids is 1. The largest absolute Gasteiger partial charge is 0.507 e. The zero-order valence-corrected chi connectivity index (χ0v) is 14.8. The van der Waals surface area contributed by atoms with Crippen LogP contribution in [0.4, 0.5) is 0 Å². The third kappa shape index (κ3) is 2.61. The molecule has 1 aliphatic heterocycles. The number of hydrogen-bond acceptors (Lipinski definition) is 6. The van der Waals surface area contributed by atoms with Gasteiger partial charge in [-0.15, -0.1) is 0 Å². The van der Waals surface area contributed by atoms with E-state index in [9.17, 15) is 9.90 Å². The van der Waals surface area contributed by atoms with Crippen molar-refractivity contribution in [2.75, 3.05) is 7.11 Å². The summed E-state index contributed by atoms with van der Waals surface area (Å²) in [6.45, 7) is 1.73. The van der Waals surface area contributed by atoms with Gasteiger partial charge in [0.15, 0.2) is 11.4 Å². The Morgan fingerprint density at radius 3 is 2.58 bits per heavy atom. The molecule has 2 heterocycles. The molecule has 0 radical (unpaired) electrons. The molecule has 1 fully saturated rings. The Balaban J connectivity index is 1.71. The van der Waals surface area contributed by atoms with E-state index in [-0.39, 0.29) is 17.4 Å². The molecular weight excluding hydrogens is 334 g/mol. The predicted octanol–water partition coefficient (Wildman–Crippen LogP) is 3.80. The number of methoxy groups -OCH3 is 1. The summed E-state index contributed by atoms with van der Waals surface area (Å²) in [5.74, 6) is 0.308. The number of carbonyl (C=O) groups is 1. The van der Waals surface area contributed by atoms with Gasteiger partial charge in [0.2, 0.25) is 5.89 Å². The summed E-state index contributed by atoms with van der Waals surface area (Å²) in [4.78, 5) is 17.0. The van der Waals surface area contributed by atoms with Crippen molar-refractivity contribution in [3.63, 3.8) is 0 Å². The molecule has 0 bridgehead atoms. The minimum Gasteiger partial charge on any atom is -0.507 e. The van der Waals surface area contributed by atoms with Crippen molar-refractivity contribution < 1.29 is 23.8 Å². The molecule has 0 amide bonds. The van der Waals surface area contributed by atoms with Crippen LogP contribution in [-0.4, -0.2) is 34.9 Å². The molecular formula is C20H21NO5. The van der Waals surface area contributed by atoms with Gasteiger partial charge >= 0.3 is 5.97 Å². The molecule has 6 heteroatoms. The highest BCUT2D eigenvalue weighted by Crippen LogP contribution is 2.46. The van der Waals surface area contributed by atoms with Crippen molar-refractivity contribution in [2.24, 2.45) is 0 Å². The molecule has 1 aliphatic carbocycles. The Labute approximate surface area is 151 Å². The van der Waals surface area contributed by atoms with Crippen LogP contribution in [0.3, 0.4) is 0 Å². The molecule has 1 aromatic carbocycles. The van der Waals surface area contributed by atoms with Gasteiger partial charge in [-0.05, 0) is 44.7 Å². The number of oxazole rings is 1. The Kier molecular flexibility index (Phi) is 4.07. The van der Waals surface area contributed by atoms with Crippen molar-refractivity contribution in [1.82, 2.24) is 4.98 Å². The summed E-state index contributed by atoms with van der Waals surface area (Å²) in [7, 11) is 1.67. The van der Waals surface area contributed by atoms with Gasteiger partial charge < -0.3 is 19.0 Å². The number of aromatic nitrogens is 1. The highest BCUT2D eigenvalue weighted by Gasteiger charge is 2.51. The number of aliphatic hydroxyl groups is 1. The second kappa shape index (κ2) is 6.29. The summed E-state index contributed by atoms with van der Waals surface area (Å²) in [6.07, 6.45) is 2.67. The molecule has 4 rings (SSSR count). The second-order valence-electron chi connectivity index (χ2n) is 6.83. The van der Waals surface area contributed by atoms with E-state index in [0.29, 0.717) is 30.2 Å². The molecule has 2 aromatic rings. The number of benzene rings is 1. The van der Waals surface area contributed by atoms with Crippen LogP contribution in [0.5, 0.6) is 0 Å². The van der Waals surface area contributed by atoms with E-state index < -0.39 is 11.6 Å². The van der Waals surface area contributed by atoms with Crippen molar-refractivity contribution >= 4 is 11.5 Å². The van der Waals surface area contributed by atoms with Crippen molar-refractivity contribution in [3.8, 4) is 11.5 Å². The van der Waals surface area contributed by atoms with Gasteiger partial charge in [0, 0.05) is 12.7 Å². The molecule has 0 unspecified atom stereocenters. The van der Waals surface area contributed by atoms with E-state index in [1.807, 2.05) is 30.3 Å². The first kappa shape index (κ1) is 16.8. The number of hydrogen-bond donors (Lipinski definition) is 1. The summed E-state index contributed by atoms with van der Waals surface area (Å²) < 4.78 is 16.7. The van der Waals surface area contributed by atoms with Crippen molar-refractivity contribution in [1.29, 1.82) is 0 Å². The lowest BCUT2D eigenvalue weighted by Crippen LogP contribution is -2.38. The molecule has 1 aromatic heterocycles. The Bertz CT molecular complexity index is 860. The topological polar surface area (TPSA) is 81.8 Å². The molecule has 1 spiro atoms. The van der Waals surface area contributed by atoms with E-state index in [2.05, 4.69) is 4.98 Å². The van der Waals surface area contributed by atoms with Crippen LogP contribution in [-0.2, 0) is 14.3 Å². The Morgan fingerprint density at radius 2 is 1.92 bits per heavy atom. The van der Waals surface area contributed by atoms with Gasteiger partial charge in [-0.1, -0.05) is 18.2 Å². The number of esters is 1. The van der Waals surface area contributed by atoms with E-state index in [1.54, 1.807) is 14.0 Å². The second-order valence-corrected chi connectivity index (χ2v) is 6.83. The van der Waals surface area contributed by atoms with E-state index in [4.69, 9.17) is 13.9 Å². The lowest BCUT2D eigenvalue weighted by atomic mass is 9.81. The van der Waals surface area contributed by atoms with E-state index in [1.165, 1.54) is 0 Å². The Morgan fingerprint density at radius 1 is 1.23 bits per heavy atom. The van der Waals surface area contributed by atoms with Crippen molar-refractivity contribution in [2.45, 2.75) is 44.3 Å². The van der Waals surface area contributed by atoms with Crippen LogP contribution in [0, 0.1) is 6.92 Å². The SMILES string of the molecule is COC1CCC2(CC1)OC(=O)C(c1nc(-c3ccccc3)oc1C)=C2O. The fraction of sp³-hybridized carbons (Fsp3) is 0.400. The van der Waals surface area contributed by atoms with Gasteiger partial charge in [0.05, 0.1) is 6.10 Å².